The number of aromatic nitrogens is 2. The van der Waals surface area contributed by atoms with Crippen LogP contribution in [0.4, 0.5) is 5.82 Å². The molecule has 0 fully saturated rings. The predicted octanol–water partition coefficient (Wildman–Crippen LogP) is 1.80. The summed E-state index contributed by atoms with van der Waals surface area (Å²) < 4.78 is 0. The molecular formula is C8H13N3S. The molecule has 0 aliphatic carbocycles. The second-order valence-electron chi connectivity index (χ2n) is 2.31. The molecule has 0 aromatic carbocycles. The van der Waals surface area contributed by atoms with E-state index < -0.39 is 0 Å². The van der Waals surface area contributed by atoms with Crippen molar-refractivity contribution in [1.82, 2.24) is 9.97 Å². The van der Waals surface area contributed by atoms with Crippen molar-refractivity contribution in [3.05, 3.63) is 11.9 Å². The van der Waals surface area contributed by atoms with Gasteiger partial charge in [0.05, 0.1) is 0 Å². The highest BCUT2D eigenvalue weighted by Crippen LogP contribution is 2.22. The van der Waals surface area contributed by atoms with E-state index in [1.807, 2.05) is 13.3 Å². The highest BCUT2D eigenvalue weighted by molar-refractivity contribution is 7.98. The highest BCUT2D eigenvalue weighted by Gasteiger charge is 2.06. The maximum absolute atomic E-state index is 4.19. The van der Waals surface area contributed by atoms with Crippen molar-refractivity contribution in [2.75, 3.05) is 18.6 Å². The van der Waals surface area contributed by atoms with E-state index >= 15 is 0 Å². The van der Waals surface area contributed by atoms with E-state index in [9.17, 15) is 0 Å². The average molecular weight is 183 g/mol. The zero-order valence-corrected chi connectivity index (χ0v) is 8.40. The monoisotopic (exact) mass is 183 g/mol. The van der Waals surface area contributed by atoms with Gasteiger partial charge in [0.2, 0.25) is 0 Å². The molecule has 1 aromatic heterocycles. The van der Waals surface area contributed by atoms with Crippen molar-refractivity contribution in [1.29, 1.82) is 0 Å². The minimum Gasteiger partial charge on any atom is -0.373 e. The summed E-state index contributed by atoms with van der Waals surface area (Å²) in [7, 11) is 1.88. The lowest BCUT2D eigenvalue weighted by Gasteiger charge is -2.08. The normalized spacial score (nSPS) is 9.92. The number of thioether (sulfide) groups is 1. The van der Waals surface area contributed by atoms with Crippen LogP contribution in [0, 0.1) is 0 Å². The summed E-state index contributed by atoms with van der Waals surface area (Å²) in [5.74, 6) is 0.942. The molecule has 12 heavy (non-hydrogen) atoms. The molecule has 1 N–H and O–H groups in total. The summed E-state index contributed by atoms with van der Waals surface area (Å²) in [6, 6.07) is 0. The Hall–Kier alpha value is -0.770. The Labute approximate surface area is 77.0 Å². The second-order valence-corrected chi connectivity index (χ2v) is 3.11. The zero-order chi connectivity index (χ0) is 8.97. The van der Waals surface area contributed by atoms with Gasteiger partial charge in [0.25, 0.3) is 0 Å². The Balaban J connectivity index is 3.13. The van der Waals surface area contributed by atoms with Gasteiger partial charge in [0.15, 0.2) is 0 Å². The van der Waals surface area contributed by atoms with Gasteiger partial charge in [0.1, 0.15) is 17.2 Å². The third-order valence-electron chi connectivity index (χ3n) is 1.69. The molecule has 0 radical (unpaired) electrons. The Morgan fingerprint density at radius 3 is 2.75 bits per heavy atom. The first-order valence-corrected chi connectivity index (χ1v) is 5.11. The third-order valence-corrected chi connectivity index (χ3v) is 2.43. The molecule has 1 rings (SSSR count). The predicted molar refractivity (Wildman–Crippen MR) is 52.7 cm³/mol. The minimum atomic E-state index is 0.942. The number of anilines is 1. The summed E-state index contributed by atoms with van der Waals surface area (Å²) in [5, 5.41) is 4.12. The lowest BCUT2D eigenvalue weighted by atomic mass is 10.2. The number of nitrogens with one attached hydrogen (secondary N) is 1. The number of hydrogen-bond donors (Lipinski definition) is 1. The summed E-state index contributed by atoms with van der Waals surface area (Å²) in [6.45, 7) is 2.11. The summed E-state index contributed by atoms with van der Waals surface area (Å²) in [6.07, 6.45) is 4.59. The zero-order valence-electron chi connectivity index (χ0n) is 7.59. The maximum Gasteiger partial charge on any atom is 0.133 e. The minimum absolute atomic E-state index is 0.942. The van der Waals surface area contributed by atoms with Crippen LogP contribution in [0.15, 0.2) is 11.4 Å². The van der Waals surface area contributed by atoms with Gasteiger partial charge >= 0.3 is 0 Å². The maximum atomic E-state index is 4.19. The molecule has 3 nitrogen and oxygen atoms in total. The average Bonchev–Trinajstić information content (AvgIpc) is 2.16. The quantitative estimate of drug-likeness (QED) is 0.573. The van der Waals surface area contributed by atoms with Gasteiger partial charge in [-0.25, -0.2) is 9.97 Å². The fraction of sp³-hybridized carbons (Fsp3) is 0.500. The molecule has 0 saturated carbocycles. The molecule has 0 aliphatic heterocycles. The number of rotatable bonds is 3. The standard InChI is InChI=1S/C8H13N3S/c1-4-6-7(9-2)10-5-11-8(6)12-3/h5H,4H2,1-3H3,(H,9,10,11). The third kappa shape index (κ3) is 1.69. The smallest absolute Gasteiger partial charge is 0.133 e. The van der Waals surface area contributed by atoms with Crippen LogP contribution >= 0.6 is 11.8 Å². The Morgan fingerprint density at radius 2 is 2.25 bits per heavy atom. The van der Waals surface area contributed by atoms with Crippen molar-refractivity contribution in [2.45, 2.75) is 18.4 Å². The summed E-state index contributed by atoms with van der Waals surface area (Å²) >= 11 is 1.66. The molecule has 0 atom stereocenters. The SMILES string of the molecule is CCc1c(NC)ncnc1SC. The highest BCUT2D eigenvalue weighted by atomic mass is 32.2. The lowest BCUT2D eigenvalue weighted by Crippen LogP contribution is -2.00. The van der Waals surface area contributed by atoms with Crippen LogP contribution in [-0.4, -0.2) is 23.3 Å². The van der Waals surface area contributed by atoms with Crippen LogP contribution in [0.3, 0.4) is 0 Å². The van der Waals surface area contributed by atoms with E-state index in [0.717, 1.165) is 17.3 Å². The molecule has 0 bridgehead atoms. The molecule has 0 amide bonds. The Kier molecular flexibility index (Phi) is 3.34. The molecule has 66 valence electrons. The summed E-state index contributed by atoms with van der Waals surface area (Å²) in [4.78, 5) is 8.33. The van der Waals surface area contributed by atoms with E-state index in [2.05, 4.69) is 22.2 Å². The molecule has 1 heterocycles. The van der Waals surface area contributed by atoms with Gasteiger partial charge in [-0.3, -0.25) is 0 Å². The van der Waals surface area contributed by atoms with E-state index in [1.54, 1.807) is 18.1 Å². The molecular weight excluding hydrogens is 170 g/mol. The molecule has 0 spiro atoms. The number of nitrogens with zero attached hydrogens (tertiary/aromatic N) is 2. The molecule has 4 heteroatoms. The van der Waals surface area contributed by atoms with Crippen LogP contribution in [-0.2, 0) is 6.42 Å². The van der Waals surface area contributed by atoms with Gasteiger partial charge in [0, 0.05) is 12.6 Å². The fourth-order valence-electron chi connectivity index (χ4n) is 1.11. The van der Waals surface area contributed by atoms with Gasteiger partial charge in [-0.05, 0) is 12.7 Å². The van der Waals surface area contributed by atoms with Crippen LogP contribution in [0.25, 0.3) is 0 Å². The largest absolute Gasteiger partial charge is 0.373 e. The van der Waals surface area contributed by atoms with Crippen LogP contribution in [0.2, 0.25) is 0 Å². The van der Waals surface area contributed by atoms with Gasteiger partial charge < -0.3 is 5.32 Å². The van der Waals surface area contributed by atoms with Gasteiger partial charge in [-0.15, -0.1) is 11.8 Å². The van der Waals surface area contributed by atoms with Gasteiger partial charge in [-0.2, -0.15) is 0 Å². The Bertz CT molecular complexity index is 240. The van der Waals surface area contributed by atoms with Crippen molar-refractivity contribution >= 4 is 17.6 Å². The van der Waals surface area contributed by atoms with Crippen molar-refractivity contribution in [3.63, 3.8) is 0 Å². The van der Waals surface area contributed by atoms with Gasteiger partial charge in [-0.1, -0.05) is 6.92 Å². The fourth-order valence-corrected chi connectivity index (χ4v) is 1.75. The van der Waals surface area contributed by atoms with Crippen molar-refractivity contribution < 1.29 is 0 Å². The first kappa shape index (κ1) is 9.32. The van der Waals surface area contributed by atoms with Crippen LogP contribution in [0.5, 0.6) is 0 Å². The van der Waals surface area contributed by atoms with E-state index in [-0.39, 0.29) is 0 Å². The van der Waals surface area contributed by atoms with E-state index in [1.165, 1.54) is 5.56 Å². The molecule has 0 saturated heterocycles. The topological polar surface area (TPSA) is 37.8 Å². The van der Waals surface area contributed by atoms with Crippen LogP contribution in [0.1, 0.15) is 12.5 Å². The Morgan fingerprint density at radius 1 is 1.50 bits per heavy atom. The van der Waals surface area contributed by atoms with Crippen LogP contribution < -0.4 is 5.32 Å². The van der Waals surface area contributed by atoms with E-state index in [4.69, 9.17) is 0 Å². The summed E-state index contributed by atoms with van der Waals surface area (Å²) in [5.41, 5.74) is 1.20. The molecule has 0 aliphatic rings. The van der Waals surface area contributed by atoms with Crippen molar-refractivity contribution in [2.24, 2.45) is 0 Å². The second kappa shape index (κ2) is 4.30. The van der Waals surface area contributed by atoms with Crippen molar-refractivity contribution in [3.8, 4) is 0 Å². The number of hydrogen-bond acceptors (Lipinski definition) is 4. The first-order valence-electron chi connectivity index (χ1n) is 3.89. The molecule has 1 aromatic rings. The van der Waals surface area contributed by atoms with E-state index in [0.29, 0.717) is 0 Å². The molecule has 0 unspecified atom stereocenters. The first-order chi connectivity index (χ1) is 5.83. The lowest BCUT2D eigenvalue weighted by molar-refractivity contribution is 0.948.